The van der Waals surface area contributed by atoms with Crippen LogP contribution in [0.25, 0.3) is 0 Å². The number of nitrogens with zero attached hydrogens (tertiary/aromatic N) is 2. The zero-order valence-corrected chi connectivity index (χ0v) is 24.8. The SMILES string of the molecule is Cc1ccc(S(=O)(=O)N(CC(=O)N/N=C\c2ccc(OCC(=O)N[C@H](C)c3ccccc3)cc2)Cc2ccccc2)cc1. The van der Waals surface area contributed by atoms with E-state index in [9.17, 15) is 18.0 Å². The quantitative estimate of drug-likeness (QED) is 0.172. The van der Waals surface area contributed by atoms with Crippen molar-refractivity contribution in [3.05, 3.63) is 131 Å². The average Bonchev–Trinajstić information content (AvgIpc) is 3.01. The van der Waals surface area contributed by atoms with Crippen molar-refractivity contribution in [2.45, 2.75) is 31.3 Å². The summed E-state index contributed by atoms with van der Waals surface area (Å²) in [6.45, 7) is 3.26. The third-order valence-electron chi connectivity index (χ3n) is 6.51. The van der Waals surface area contributed by atoms with Crippen LogP contribution in [-0.2, 0) is 26.2 Å². The predicted molar refractivity (Wildman–Crippen MR) is 166 cm³/mol. The van der Waals surface area contributed by atoms with Crippen LogP contribution >= 0.6 is 0 Å². The maximum Gasteiger partial charge on any atom is 0.258 e. The molecule has 0 saturated heterocycles. The van der Waals surface area contributed by atoms with Crippen molar-refractivity contribution >= 4 is 28.1 Å². The van der Waals surface area contributed by atoms with Crippen molar-refractivity contribution in [3.63, 3.8) is 0 Å². The molecule has 1 atom stereocenters. The van der Waals surface area contributed by atoms with Gasteiger partial charge in [-0.15, -0.1) is 0 Å². The molecule has 10 heteroatoms. The van der Waals surface area contributed by atoms with Gasteiger partial charge in [0.1, 0.15) is 5.75 Å². The van der Waals surface area contributed by atoms with Crippen LogP contribution in [0.5, 0.6) is 5.75 Å². The van der Waals surface area contributed by atoms with Crippen LogP contribution in [0.4, 0.5) is 0 Å². The number of amides is 2. The van der Waals surface area contributed by atoms with Crippen LogP contribution in [0.1, 0.15) is 35.2 Å². The van der Waals surface area contributed by atoms with Gasteiger partial charge in [-0.3, -0.25) is 9.59 Å². The van der Waals surface area contributed by atoms with Crippen LogP contribution in [-0.4, -0.2) is 43.9 Å². The monoisotopic (exact) mass is 598 g/mol. The number of nitrogens with one attached hydrogen (secondary N) is 2. The van der Waals surface area contributed by atoms with E-state index in [1.807, 2.05) is 62.4 Å². The minimum atomic E-state index is -3.95. The summed E-state index contributed by atoms with van der Waals surface area (Å²) in [5.74, 6) is -0.324. The molecule has 222 valence electrons. The summed E-state index contributed by atoms with van der Waals surface area (Å²) in [4.78, 5) is 25.1. The van der Waals surface area contributed by atoms with E-state index in [1.54, 1.807) is 48.5 Å². The van der Waals surface area contributed by atoms with E-state index in [4.69, 9.17) is 4.74 Å². The maximum atomic E-state index is 13.4. The first-order valence-electron chi connectivity index (χ1n) is 13.7. The molecule has 0 heterocycles. The van der Waals surface area contributed by atoms with Crippen LogP contribution in [0.3, 0.4) is 0 Å². The van der Waals surface area contributed by atoms with E-state index in [-0.39, 0.29) is 30.0 Å². The second-order valence-electron chi connectivity index (χ2n) is 9.92. The molecule has 4 rings (SSSR count). The lowest BCUT2D eigenvalue weighted by Gasteiger charge is -2.21. The number of hydrogen-bond acceptors (Lipinski definition) is 6. The number of aryl methyl sites for hydroxylation is 1. The molecule has 0 aliphatic heterocycles. The van der Waals surface area contributed by atoms with Crippen molar-refractivity contribution in [2.24, 2.45) is 5.10 Å². The first-order valence-corrected chi connectivity index (χ1v) is 15.1. The minimum Gasteiger partial charge on any atom is -0.484 e. The number of carbonyl (C=O) groups is 2. The van der Waals surface area contributed by atoms with Crippen molar-refractivity contribution < 1.29 is 22.7 Å². The summed E-state index contributed by atoms with van der Waals surface area (Å²) >= 11 is 0. The molecule has 0 radical (unpaired) electrons. The minimum absolute atomic E-state index is 0.0266. The molecule has 9 nitrogen and oxygen atoms in total. The second-order valence-corrected chi connectivity index (χ2v) is 11.9. The van der Waals surface area contributed by atoms with Gasteiger partial charge in [0, 0.05) is 6.54 Å². The first kappa shape index (κ1) is 31.1. The van der Waals surface area contributed by atoms with Gasteiger partial charge in [-0.25, -0.2) is 13.8 Å². The van der Waals surface area contributed by atoms with Gasteiger partial charge < -0.3 is 10.1 Å². The second kappa shape index (κ2) is 14.9. The third kappa shape index (κ3) is 9.35. The zero-order chi connectivity index (χ0) is 30.7. The lowest BCUT2D eigenvalue weighted by atomic mass is 10.1. The highest BCUT2D eigenvalue weighted by atomic mass is 32.2. The summed E-state index contributed by atoms with van der Waals surface area (Å²) in [6.07, 6.45) is 1.44. The van der Waals surface area contributed by atoms with Gasteiger partial charge in [-0.2, -0.15) is 9.41 Å². The standard InChI is InChI=1S/C33H34N4O5S/c1-25-13-19-31(20-14-25)43(40,41)37(22-28-9-5-3-6-10-28)23-32(38)36-34-21-27-15-17-30(18-16-27)42-24-33(39)35-26(2)29-11-7-4-8-12-29/h3-21,26H,22-24H2,1-2H3,(H,35,39)(H,36,38)/b34-21-/t26-/m1/s1. The van der Waals surface area contributed by atoms with Crippen LogP contribution in [0.2, 0.25) is 0 Å². The Labute approximate surface area is 252 Å². The lowest BCUT2D eigenvalue weighted by molar-refractivity contribution is -0.124. The summed E-state index contributed by atoms with van der Waals surface area (Å²) in [6, 6.07) is 31.9. The van der Waals surface area contributed by atoms with E-state index >= 15 is 0 Å². The molecule has 0 bridgehead atoms. The van der Waals surface area contributed by atoms with Gasteiger partial charge in [-0.1, -0.05) is 78.4 Å². The molecule has 0 spiro atoms. The molecular weight excluding hydrogens is 564 g/mol. The molecule has 43 heavy (non-hydrogen) atoms. The molecule has 0 fully saturated rings. The van der Waals surface area contributed by atoms with E-state index in [0.29, 0.717) is 11.3 Å². The largest absolute Gasteiger partial charge is 0.484 e. The van der Waals surface area contributed by atoms with Crippen LogP contribution < -0.4 is 15.5 Å². The Bertz CT molecular complexity index is 1630. The Balaban J connectivity index is 1.30. The topological polar surface area (TPSA) is 117 Å². The summed E-state index contributed by atoms with van der Waals surface area (Å²) in [7, 11) is -3.95. The molecular formula is C33H34N4O5S. The van der Waals surface area contributed by atoms with Gasteiger partial charge in [0.05, 0.1) is 23.7 Å². The molecule has 2 N–H and O–H groups in total. The van der Waals surface area contributed by atoms with Gasteiger partial charge in [0.25, 0.3) is 11.8 Å². The van der Waals surface area contributed by atoms with Crippen molar-refractivity contribution in [1.82, 2.24) is 15.0 Å². The fraction of sp³-hybridized carbons (Fsp3) is 0.182. The Morgan fingerprint density at radius 2 is 1.49 bits per heavy atom. The number of hydrogen-bond donors (Lipinski definition) is 2. The number of benzene rings is 4. The van der Waals surface area contributed by atoms with Crippen LogP contribution in [0.15, 0.2) is 119 Å². The van der Waals surface area contributed by atoms with Gasteiger partial charge in [0.15, 0.2) is 6.61 Å². The fourth-order valence-corrected chi connectivity index (χ4v) is 5.54. The molecule has 0 aromatic heterocycles. The predicted octanol–water partition coefficient (Wildman–Crippen LogP) is 4.59. The maximum absolute atomic E-state index is 13.4. The highest BCUT2D eigenvalue weighted by molar-refractivity contribution is 7.89. The Hall–Kier alpha value is -4.80. The zero-order valence-electron chi connectivity index (χ0n) is 24.0. The molecule has 0 aliphatic carbocycles. The summed E-state index contributed by atoms with van der Waals surface area (Å²) in [5, 5.41) is 6.88. The molecule has 0 aliphatic rings. The van der Waals surface area contributed by atoms with Gasteiger partial charge in [0.2, 0.25) is 10.0 Å². The molecule has 0 unspecified atom stereocenters. The van der Waals surface area contributed by atoms with E-state index in [0.717, 1.165) is 21.0 Å². The van der Waals surface area contributed by atoms with Gasteiger partial charge >= 0.3 is 0 Å². The third-order valence-corrected chi connectivity index (χ3v) is 8.32. The smallest absolute Gasteiger partial charge is 0.258 e. The van der Waals surface area contributed by atoms with Crippen molar-refractivity contribution in [1.29, 1.82) is 0 Å². The summed E-state index contributed by atoms with van der Waals surface area (Å²) < 4.78 is 33.5. The van der Waals surface area contributed by atoms with Gasteiger partial charge in [-0.05, 0) is 66.9 Å². The van der Waals surface area contributed by atoms with E-state index in [2.05, 4.69) is 15.8 Å². The highest BCUT2D eigenvalue weighted by Gasteiger charge is 2.27. The number of sulfonamides is 1. The van der Waals surface area contributed by atoms with E-state index in [1.165, 1.54) is 18.3 Å². The fourth-order valence-electron chi connectivity index (χ4n) is 4.15. The normalized spacial score (nSPS) is 12.2. The number of ether oxygens (including phenoxy) is 1. The Morgan fingerprint density at radius 3 is 2.14 bits per heavy atom. The highest BCUT2D eigenvalue weighted by Crippen LogP contribution is 2.19. The van der Waals surface area contributed by atoms with Crippen molar-refractivity contribution in [2.75, 3.05) is 13.2 Å². The number of carbonyl (C=O) groups excluding carboxylic acids is 2. The molecule has 4 aromatic carbocycles. The molecule has 4 aromatic rings. The van der Waals surface area contributed by atoms with E-state index < -0.39 is 22.5 Å². The Morgan fingerprint density at radius 1 is 0.860 bits per heavy atom. The number of hydrazone groups is 1. The van der Waals surface area contributed by atoms with Crippen LogP contribution in [0, 0.1) is 6.92 Å². The Kier molecular flexibility index (Phi) is 10.8. The van der Waals surface area contributed by atoms with Crippen molar-refractivity contribution in [3.8, 4) is 5.75 Å². The molecule has 2 amide bonds. The first-order chi connectivity index (χ1) is 20.7. The average molecular weight is 599 g/mol. The molecule has 0 saturated carbocycles. The number of rotatable bonds is 13. The summed E-state index contributed by atoms with van der Waals surface area (Å²) in [5.41, 5.74) is 5.76. The lowest BCUT2D eigenvalue weighted by Crippen LogP contribution is -2.39.